The van der Waals surface area contributed by atoms with Crippen LogP contribution in [0.3, 0.4) is 0 Å². The lowest BCUT2D eigenvalue weighted by atomic mass is 10.0. The van der Waals surface area contributed by atoms with E-state index in [1.165, 1.54) is 7.11 Å². The first-order valence-corrected chi connectivity index (χ1v) is 10.4. The van der Waals surface area contributed by atoms with E-state index in [1.807, 2.05) is 44.2 Å². The molecule has 0 radical (unpaired) electrons. The first-order valence-electron chi connectivity index (χ1n) is 10.4. The summed E-state index contributed by atoms with van der Waals surface area (Å²) in [6.45, 7) is 4.45. The molecule has 0 atom stereocenters. The Morgan fingerprint density at radius 1 is 1.10 bits per heavy atom. The van der Waals surface area contributed by atoms with Gasteiger partial charge < -0.3 is 9.84 Å². The van der Waals surface area contributed by atoms with Crippen LogP contribution in [0.25, 0.3) is 11.4 Å². The number of hydrogen-bond acceptors (Lipinski definition) is 5. The summed E-state index contributed by atoms with van der Waals surface area (Å²) < 4.78 is 6.43. The molecule has 0 saturated carbocycles. The smallest absolute Gasteiger partial charge is 0.311 e. The fourth-order valence-corrected chi connectivity index (χ4v) is 3.57. The van der Waals surface area contributed by atoms with Crippen molar-refractivity contribution in [3.63, 3.8) is 0 Å². The maximum absolute atomic E-state index is 13.6. The number of aromatic hydroxyl groups is 1. The quantitative estimate of drug-likeness (QED) is 0.561. The number of carbonyl (C=O) groups is 1. The van der Waals surface area contributed by atoms with Crippen LogP contribution in [0.2, 0.25) is 0 Å². The number of aromatic nitrogens is 2. The number of esters is 1. The molecule has 162 valence electrons. The fraction of sp³-hybridized carbons (Fsp3) is 0.320. The Kier molecular flexibility index (Phi) is 7.23. The normalized spacial score (nSPS) is 11.0. The Bertz CT molecular complexity index is 1100. The monoisotopic (exact) mass is 420 g/mol. The van der Waals surface area contributed by atoms with Crippen molar-refractivity contribution in [3.8, 4) is 17.1 Å². The molecule has 0 aliphatic rings. The first-order chi connectivity index (χ1) is 14.9. The minimum absolute atomic E-state index is 0.0310. The highest BCUT2D eigenvalue weighted by Crippen LogP contribution is 2.28. The third-order valence-electron chi connectivity index (χ3n) is 5.11. The van der Waals surface area contributed by atoms with Crippen molar-refractivity contribution in [1.82, 2.24) is 9.55 Å². The largest absolute Gasteiger partial charge is 0.507 e. The van der Waals surface area contributed by atoms with Crippen LogP contribution in [0, 0.1) is 5.92 Å². The van der Waals surface area contributed by atoms with Gasteiger partial charge in [0.1, 0.15) is 11.6 Å². The van der Waals surface area contributed by atoms with Gasteiger partial charge in [-0.05, 0) is 36.5 Å². The SMILES string of the molecule is COC(=O)Cc1nc(-c2ccccc2O)n(CCc2ccccc2)c(=O)c1CC(C)C. The molecule has 3 rings (SSSR count). The summed E-state index contributed by atoms with van der Waals surface area (Å²) in [7, 11) is 1.31. The molecule has 0 fully saturated rings. The minimum Gasteiger partial charge on any atom is -0.507 e. The maximum atomic E-state index is 13.6. The molecule has 1 heterocycles. The van der Waals surface area contributed by atoms with Crippen LogP contribution < -0.4 is 5.56 Å². The van der Waals surface area contributed by atoms with Gasteiger partial charge in [0.2, 0.25) is 0 Å². The van der Waals surface area contributed by atoms with Crippen molar-refractivity contribution in [1.29, 1.82) is 0 Å². The van der Waals surface area contributed by atoms with Crippen molar-refractivity contribution in [2.75, 3.05) is 7.11 Å². The van der Waals surface area contributed by atoms with Crippen molar-refractivity contribution in [2.45, 2.75) is 39.7 Å². The lowest BCUT2D eigenvalue weighted by Crippen LogP contribution is -2.31. The second-order valence-electron chi connectivity index (χ2n) is 7.92. The standard InChI is InChI=1S/C25H28N2O4/c1-17(2)15-20-21(16-23(29)31-3)26-24(19-11-7-8-12-22(19)28)27(25(20)30)14-13-18-9-5-4-6-10-18/h4-12,17,28H,13-16H2,1-3H3. The average molecular weight is 421 g/mol. The molecule has 0 saturated heterocycles. The zero-order valence-corrected chi connectivity index (χ0v) is 18.2. The Morgan fingerprint density at radius 2 is 1.77 bits per heavy atom. The third kappa shape index (κ3) is 5.40. The zero-order chi connectivity index (χ0) is 22.4. The van der Waals surface area contributed by atoms with Crippen LogP contribution in [0.1, 0.15) is 30.7 Å². The molecule has 0 unspecified atom stereocenters. The van der Waals surface area contributed by atoms with Gasteiger partial charge in [0, 0.05) is 12.1 Å². The van der Waals surface area contributed by atoms with Gasteiger partial charge in [-0.25, -0.2) is 4.98 Å². The fourth-order valence-electron chi connectivity index (χ4n) is 3.57. The molecule has 0 aliphatic heterocycles. The number of hydrogen-bond donors (Lipinski definition) is 1. The highest BCUT2D eigenvalue weighted by molar-refractivity contribution is 5.73. The van der Waals surface area contributed by atoms with Gasteiger partial charge in [0.25, 0.3) is 5.56 Å². The van der Waals surface area contributed by atoms with Crippen molar-refractivity contribution >= 4 is 5.97 Å². The summed E-state index contributed by atoms with van der Waals surface area (Å²) >= 11 is 0. The summed E-state index contributed by atoms with van der Waals surface area (Å²) in [6, 6.07) is 16.7. The molecular formula is C25H28N2O4. The van der Waals surface area contributed by atoms with Crippen LogP contribution in [-0.4, -0.2) is 27.7 Å². The van der Waals surface area contributed by atoms with E-state index >= 15 is 0 Å². The Morgan fingerprint density at radius 3 is 2.42 bits per heavy atom. The van der Waals surface area contributed by atoms with Gasteiger partial charge in [-0.2, -0.15) is 0 Å². The molecule has 0 aliphatic carbocycles. The molecule has 1 N–H and O–H groups in total. The predicted molar refractivity (Wildman–Crippen MR) is 120 cm³/mol. The van der Waals surface area contributed by atoms with Crippen molar-refractivity contribution < 1.29 is 14.6 Å². The number of phenolic OH excluding ortho intramolecular Hbond substituents is 1. The van der Waals surface area contributed by atoms with E-state index in [2.05, 4.69) is 0 Å². The maximum Gasteiger partial charge on any atom is 0.311 e. The van der Waals surface area contributed by atoms with E-state index in [1.54, 1.807) is 28.8 Å². The summed E-state index contributed by atoms with van der Waals surface area (Å²) in [6.07, 6.45) is 1.05. The van der Waals surface area contributed by atoms with E-state index in [4.69, 9.17) is 9.72 Å². The molecule has 6 heteroatoms. The summed E-state index contributed by atoms with van der Waals surface area (Å²) in [4.78, 5) is 30.4. The molecule has 0 bridgehead atoms. The second kappa shape index (κ2) is 10.1. The summed E-state index contributed by atoms with van der Waals surface area (Å²) in [5, 5.41) is 10.5. The molecule has 31 heavy (non-hydrogen) atoms. The number of carbonyl (C=O) groups excluding carboxylic acids is 1. The minimum atomic E-state index is -0.456. The molecule has 0 spiro atoms. The molecule has 2 aromatic carbocycles. The Hall–Kier alpha value is -3.41. The van der Waals surface area contributed by atoms with Crippen LogP contribution in [0.4, 0.5) is 0 Å². The topological polar surface area (TPSA) is 81.4 Å². The molecule has 0 amide bonds. The summed E-state index contributed by atoms with van der Waals surface area (Å²) in [5.74, 6) is 0.139. The Labute approximate surface area is 182 Å². The van der Waals surface area contributed by atoms with Crippen molar-refractivity contribution in [2.24, 2.45) is 5.92 Å². The zero-order valence-electron chi connectivity index (χ0n) is 18.2. The van der Waals surface area contributed by atoms with E-state index in [0.29, 0.717) is 42.0 Å². The number of ether oxygens (including phenoxy) is 1. The summed E-state index contributed by atoms with van der Waals surface area (Å²) in [5.41, 5.74) is 2.29. The van der Waals surface area contributed by atoms with E-state index in [-0.39, 0.29) is 23.6 Å². The van der Waals surface area contributed by atoms with Crippen LogP contribution in [-0.2, 0) is 35.3 Å². The lowest BCUT2D eigenvalue weighted by molar-refractivity contribution is -0.139. The molecule has 3 aromatic rings. The predicted octanol–water partition coefficient (Wildman–Crippen LogP) is 3.77. The molecule has 6 nitrogen and oxygen atoms in total. The number of methoxy groups -OCH3 is 1. The van der Waals surface area contributed by atoms with E-state index in [9.17, 15) is 14.7 Å². The average Bonchev–Trinajstić information content (AvgIpc) is 2.76. The number of nitrogens with zero attached hydrogens (tertiary/aromatic N) is 2. The van der Waals surface area contributed by atoms with Gasteiger partial charge in [0.05, 0.1) is 24.8 Å². The number of aryl methyl sites for hydroxylation is 1. The highest BCUT2D eigenvalue weighted by atomic mass is 16.5. The third-order valence-corrected chi connectivity index (χ3v) is 5.11. The molecule has 1 aromatic heterocycles. The number of para-hydroxylation sites is 1. The van der Waals surface area contributed by atoms with Gasteiger partial charge in [-0.15, -0.1) is 0 Å². The van der Waals surface area contributed by atoms with E-state index < -0.39 is 5.97 Å². The van der Waals surface area contributed by atoms with Crippen LogP contribution in [0.15, 0.2) is 59.4 Å². The highest BCUT2D eigenvalue weighted by Gasteiger charge is 2.22. The Balaban J connectivity index is 2.18. The van der Waals surface area contributed by atoms with Gasteiger partial charge in [-0.1, -0.05) is 56.3 Å². The lowest BCUT2D eigenvalue weighted by Gasteiger charge is -2.18. The number of benzene rings is 2. The number of phenols is 1. The first kappa shape index (κ1) is 22.3. The van der Waals surface area contributed by atoms with Crippen LogP contribution in [0.5, 0.6) is 5.75 Å². The molecular weight excluding hydrogens is 392 g/mol. The van der Waals surface area contributed by atoms with Gasteiger partial charge >= 0.3 is 5.97 Å². The van der Waals surface area contributed by atoms with Gasteiger partial charge in [-0.3, -0.25) is 14.2 Å². The van der Waals surface area contributed by atoms with Crippen LogP contribution >= 0.6 is 0 Å². The second-order valence-corrected chi connectivity index (χ2v) is 7.92. The van der Waals surface area contributed by atoms with Gasteiger partial charge in [0.15, 0.2) is 0 Å². The number of rotatable bonds is 8. The van der Waals surface area contributed by atoms with E-state index in [0.717, 1.165) is 5.56 Å². The van der Waals surface area contributed by atoms with Crippen molar-refractivity contribution in [3.05, 3.63) is 81.8 Å².